The van der Waals surface area contributed by atoms with Crippen molar-refractivity contribution in [1.82, 2.24) is 10.6 Å². The first-order chi connectivity index (χ1) is 7.94. The van der Waals surface area contributed by atoms with Gasteiger partial charge in [-0.1, -0.05) is 20.8 Å². The number of amides is 1. The zero-order valence-corrected chi connectivity index (χ0v) is 11.8. The molecule has 0 aromatic rings. The molecule has 1 fully saturated rings. The molecule has 1 saturated carbocycles. The lowest BCUT2D eigenvalue weighted by Gasteiger charge is -2.35. The van der Waals surface area contributed by atoms with E-state index >= 15 is 0 Å². The van der Waals surface area contributed by atoms with Gasteiger partial charge in [-0.15, -0.1) is 0 Å². The van der Waals surface area contributed by atoms with Crippen LogP contribution in [0, 0.1) is 5.41 Å². The van der Waals surface area contributed by atoms with Gasteiger partial charge in [-0.25, -0.2) is 0 Å². The Morgan fingerprint density at radius 2 is 1.94 bits per heavy atom. The van der Waals surface area contributed by atoms with Crippen molar-refractivity contribution in [3.63, 3.8) is 0 Å². The van der Waals surface area contributed by atoms with Gasteiger partial charge in [0.1, 0.15) is 0 Å². The summed E-state index contributed by atoms with van der Waals surface area (Å²) in [7, 11) is 0. The van der Waals surface area contributed by atoms with Crippen LogP contribution in [0.4, 0.5) is 0 Å². The Labute approximate surface area is 106 Å². The Balaban J connectivity index is 2.27. The van der Waals surface area contributed by atoms with Crippen molar-refractivity contribution in [2.45, 2.75) is 71.9 Å². The van der Waals surface area contributed by atoms with Crippen molar-refractivity contribution in [1.29, 1.82) is 0 Å². The van der Waals surface area contributed by atoms with Gasteiger partial charge in [0.2, 0.25) is 5.91 Å². The minimum absolute atomic E-state index is 0.0623. The molecule has 0 radical (unpaired) electrons. The second-order valence-corrected chi connectivity index (χ2v) is 6.12. The lowest BCUT2D eigenvalue weighted by molar-refractivity contribution is -0.123. The van der Waals surface area contributed by atoms with Crippen LogP contribution in [0.2, 0.25) is 0 Å². The minimum Gasteiger partial charge on any atom is -0.355 e. The Hall–Kier alpha value is -0.570. The molecule has 2 N–H and O–H groups in total. The molecule has 1 rings (SSSR count). The molecule has 0 spiro atoms. The van der Waals surface area contributed by atoms with E-state index in [0.717, 1.165) is 13.0 Å². The third-order valence-electron chi connectivity index (χ3n) is 3.77. The van der Waals surface area contributed by atoms with Crippen LogP contribution in [0.25, 0.3) is 0 Å². The average Bonchev–Trinajstić information content (AvgIpc) is 2.28. The van der Waals surface area contributed by atoms with E-state index in [2.05, 4.69) is 31.4 Å². The Morgan fingerprint density at radius 3 is 2.47 bits per heavy atom. The fourth-order valence-electron chi connectivity index (χ4n) is 2.40. The second kappa shape index (κ2) is 6.39. The Kier molecular flexibility index (Phi) is 5.44. The number of carbonyl (C=O) groups excluding carboxylic acids is 1. The molecule has 0 saturated heterocycles. The zero-order chi connectivity index (χ0) is 12.9. The number of carbonyl (C=O) groups is 1. The van der Waals surface area contributed by atoms with Crippen molar-refractivity contribution in [3.8, 4) is 0 Å². The Bertz CT molecular complexity index is 241. The van der Waals surface area contributed by atoms with E-state index in [9.17, 15) is 4.79 Å². The van der Waals surface area contributed by atoms with E-state index < -0.39 is 0 Å². The highest BCUT2D eigenvalue weighted by atomic mass is 16.2. The summed E-state index contributed by atoms with van der Waals surface area (Å²) in [6.45, 7) is 9.48. The van der Waals surface area contributed by atoms with E-state index in [1.54, 1.807) is 0 Å². The molecule has 3 heteroatoms. The van der Waals surface area contributed by atoms with Crippen molar-refractivity contribution in [2.75, 3.05) is 6.54 Å². The van der Waals surface area contributed by atoms with Gasteiger partial charge in [0.15, 0.2) is 0 Å². The first kappa shape index (κ1) is 14.5. The smallest absolute Gasteiger partial charge is 0.236 e. The van der Waals surface area contributed by atoms with Crippen LogP contribution in [-0.2, 0) is 4.79 Å². The normalized spacial score (nSPS) is 22.1. The van der Waals surface area contributed by atoms with Gasteiger partial charge in [0.25, 0.3) is 0 Å². The molecule has 0 heterocycles. The summed E-state index contributed by atoms with van der Waals surface area (Å²) < 4.78 is 0. The number of nitrogens with one attached hydrogen (secondary N) is 2. The van der Waals surface area contributed by atoms with Crippen LogP contribution in [0.3, 0.4) is 0 Å². The molecule has 1 aliphatic carbocycles. The number of rotatable bonds is 5. The summed E-state index contributed by atoms with van der Waals surface area (Å²) in [4.78, 5) is 11.7. The Morgan fingerprint density at radius 1 is 1.35 bits per heavy atom. The summed E-state index contributed by atoms with van der Waals surface area (Å²) in [5, 5.41) is 6.39. The molecule has 0 aromatic heterocycles. The standard InChI is InChI=1S/C14H28N2O/c1-5-10-15-13(17)11(2)16-12-6-8-14(3,4)9-7-12/h11-12,16H,5-10H2,1-4H3,(H,15,17). The lowest BCUT2D eigenvalue weighted by atomic mass is 9.75. The van der Waals surface area contributed by atoms with Gasteiger partial charge >= 0.3 is 0 Å². The molecule has 1 aliphatic rings. The molecule has 3 nitrogen and oxygen atoms in total. The first-order valence-electron chi connectivity index (χ1n) is 6.98. The molecule has 1 unspecified atom stereocenters. The predicted molar refractivity (Wildman–Crippen MR) is 71.9 cm³/mol. The van der Waals surface area contributed by atoms with Gasteiger partial charge in [0, 0.05) is 12.6 Å². The summed E-state index contributed by atoms with van der Waals surface area (Å²) in [5.41, 5.74) is 0.492. The molecule has 0 aromatic carbocycles. The number of hydrogen-bond donors (Lipinski definition) is 2. The maximum absolute atomic E-state index is 11.7. The topological polar surface area (TPSA) is 41.1 Å². The predicted octanol–water partition coefficient (Wildman–Crippen LogP) is 2.46. The monoisotopic (exact) mass is 240 g/mol. The van der Waals surface area contributed by atoms with Crippen LogP contribution >= 0.6 is 0 Å². The molecular formula is C14H28N2O. The fourth-order valence-corrected chi connectivity index (χ4v) is 2.40. The van der Waals surface area contributed by atoms with Crippen molar-refractivity contribution in [3.05, 3.63) is 0 Å². The van der Waals surface area contributed by atoms with Gasteiger partial charge < -0.3 is 10.6 Å². The maximum Gasteiger partial charge on any atom is 0.236 e. The van der Waals surface area contributed by atoms with Crippen molar-refractivity contribution in [2.24, 2.45) is 5.41 Å². The quantitative estimate of drug-likeness (QED) is 0.775. The summed E-state index contributed by atoms with van der Waals surface area (Å²) in [6, 6.07) is 0.457. The van der Waals surface area contributed by atoms with Crippen LogP contribution < -0.4 is 10.6 Å². The lowest BCUT2D eigenvalue weighted by Crippen LogP contribution is -2.48. The van der Waals surface area contributed by atoms with E-state index in [1.165, 1.54) is 25.7 Å². The first-order valence-corrected chi connectivity index (χ1v) is 6.98. The minimum atomic E-state index is -0.0623. The van der Waals surface area contributed by atoms with Crippen molar-refractivity contribution < 1.29 is 4.79 Å². The fraction of sp³-hybridized carbons (Fsp3) is 0.929. The molecule has 100 valence electrons. The van der Waals surface area contributed by atoms with Gasteiger partial charge in [-0.05, 0) is 44.4 Å². The van der Waals surface area contributed by atoms with E-state index in [0.29, 0.717) is 11.5 Å². The highest BCUT2D eigenvalue weighted by Crippen LogP contribution is 2.35. The molecule has 0 bridgehead atoms. The SMILES string of the molecule is CCCNC(=O)C(C)NC1CCC(C)(C)CC1. The molecule has 0 aliphatic heterocycles. The highest BCUT2D eigenvalue weighted by Gasteiger charge is 2.28. The maximum atomic E-state index is 11.7. The average molecular weight is 240 g/mol. The van der Waals surface area contributed by atoms with Crippen LogP contribution in [0.1, 0.15) is 59.8 Å². The van der Waals surface area contributed by atoms with E-state index in [-0.39, 0.29) is 11.9 Å². The molecule has 1 amide bonds. The van der Waals surface area contributed by atoms with Crippen LogP contribution in [0.5, 0.6) is 0 Å². The zero-order valence-electron chi connectivity index (χ0n) is 11.8. The van der Waals surface area contributed by atoms with Gasteiger partial charge in [0.05, 0.1) is 6.04 Å². The summed E-state index contributed by atoms with van der Waals surface area (Å²) >= 11 is 0. The summed E-state index contributed by atoms with van der Waals surface area (Å²) in [6.07, 6.45) is 5.90. The van der Waals surface area contributed by atoms with E-state index in [1.807, 2.05) is 6.92 Å². The molecule has 1 atom stereocenters. The van der Waals surface area contributed by atoms with Crippen LogP contribution in [-0.4, -0.2) is 24.5 Å². The van der Waals surface area contributed by atoms with E-state index in [4.69, 9.17) is 0 Å². The third kappa shape index (κ3) is 5.07. The van der Waals surface area contributed by atoms with Gasteiger partial charge in [-0.3, -0.25) is 4.79 Å². The third-order valence-corrected chi connectivity index (χ3v) is 3.77. The summed E-state index contributed by atoms with van der Waals surface area (Å²) in [5.74, 6) is 0.136. The molecule has 17 heavy (non-hydrogen) atoms. The van der Waals surface area contributed by atoms with Crippen LogP contribution in [0.15, 0.2) is 0 Å². The highest BCUT2D eigenvalue weighted by molar-refractivity contribution is 5.81. The molecular weight excluding hydrogens is 212 g/mol. The van der Waals surface area contributed by atoms with Crippen molar-refractivity contribution >= 4 is 5.91 Å². The largest absolute Gasteiger partial charge is 0.355 e. The van der Waals surface area contributed by atoms with Gasteiger partial charge in [-0.2, -0.15) is 0 Å². The number of hydrogen-bond acceptors (Lipinski definition) is 2. The second-order valence-electron chi connectivity index (χ2n) is 6.12.